The second kappa shape index (κ2) is 13.1. The van der Waals surface area contributed by atoms with E-state index in [9.17, 15) is 0 Å². The monoisotopic (exact) mass is 687 g/mol. The van der Waals surface area contributed by atoms with Gasteiger partial charge in [0.15, 0.2) is 0 Å². The molecule has 0 amide bonds. The van der Waals surface area contributed by atoms with E-state index in [1.807, 2.05) is 22.7 Å². The van der Waals surface area contributed by atoms with Crippen LogP contribution in [0.1, 0.15) is 23.6 Å². The van der Waals surface area contributed by atoms with Crippen LogP contribution in [0.5, 0.6) is 0 Å². The number of nitrogens with zero attached hydrogens (tertiary/aromatic N) is 1. The third-order valence-corrected chi connectivity index (χ3v) is 12.0. The van der Waals surface area contributed by atoms with Crippen molar-refractivity contribution in [2.45, 2.75) is 6.92 Å². The molecule has 0 N–H and O–H groups in total. The Hall–Kier alpha value is -5.87. The molecule has 0 aliphatic heterocycles. The zero-order valence-corrected chi connectivity index (χ0v) is 29.8. The maximum absolute atomic E-state index is 5.52. The van der Waals surface area contributed by atoms with E-state index in [0.29, 0.717) is 0 Å². The molecule has 3 heteroatoms. The zero-order chi connectivity index (χ0) is 34.3. The van der Waals surface area contributed by atoms with Crippen molar-refractivity contribution in [2.75, 3.05) is 0 Å². The Morgan fingerprint density at radius 2 is 0.961 bits per heavy atom. The molecule has 0 unspecified atom stereocenters. The fraction of sp³-hybridized carbons (Fsp3) is 0.0208. The summed E-state index contributed by atoms with van der Waals surface area (Å²) in [5.41, 5.74) is 10.7. The summed E-state index contributed by atoms with van der Waals surface area (Å²) in [7, 11) is 0. The maximum atomic E-state index is 5.52. The van der Waals surface area contributed by atoms with Crippen LogP contribution in [0.3, 0.4) is 0 Å². The van der Waals surface area contributed by atoms with Gasteiger partial charge in [0.2, 0.25) is 0 Å². The van der Waals surface area contributed by atoms with Gasteiger partial charge in [0.05, 0.1) is 5.70 Å². The Morgan fingerprint density at radius 1 is 0.490 bits per heavy atom. The summed E-state index contributed by atoms with van der Waals surface area (Å²) < 4.78 is 5.08. The van der Waals surface area contributed by atoms with Gasteiger partial charge in [0.1, 0.15) is 0 Å². The van der Waals surface area contributed by atoms with Gasteiger partial charge < -0.3 is 0 Å². The summed E-state index contributed by atoms with van der Waals surface area (Å²) >= 11 is 3.67. The highest BCUT2D eigenvalue weighted by atomic mass is 32.1. The predicted molar refractivity (Wildman–Crippen MR) is 225 cm³/mol. The quantitative estimate of drug-likeness (QED) is 0.117. The van der Waals surface area contributed by atoms with Gasteiger partial charge in [0.25, 0.3) is 0 Å². The maximum Gasteiger partial charge on any atom is 0.0711 e. The largest absolute Gasteiger partial charge is 0.252 e. The number of allylic oxidation sites excluding steroid dienone is 2. The van der Waals surface area contributed by atoms with E-state index in [1.54, 1.807) is 0 Å². The number of hydrogen-bond donors (Lipinski definition) is 0. The Labute approximate surface area is 305 Å². The second-order valence-electron chi connectivity index (χ2n) is 12.8. The van der Waals surface area contributed by atoms with Crippen LogP contribution in [0.25, 0.3) is 73.9 Å². The van der Waals surface area contributed by atoms with Crippen molar-refractivity contribution in [2.24, 2.45) is 4.99 Å². The van der Waals surface area contributed by atoms with Crippen molar-refractivity contribution >= 4 is 80.0 Å². The molecule has 2 aromatic heterocycles. The Bertz CT molecular complexity index is 2760. The normalized spacial score (nSPS) is 12.3. The third kappa shape index (κ3) is 5.81. The predicted octanol–water partition coefficient (Wildman–Crippen LogP) is 14.3. The third-order valence-electron chi connectivity index (χ3n) is 9.59. The summed E-state index contributed by atoms with van der Waals surface area (Å²) in [5, 5.41) is 5.10. The fourth-order valence-electron chi connectivity index (χ4n) is 7.07. The van der Waals surface area contributed by atoms with E-state index in [2.05, 4.69) is 177 Å². The van der Waals surface area contributed by atoms with Gasteiger partial charge in [-0.3, -0.25) is 4.99 Å². The number of aliphatic imine (C=N–C) groups is 1. The van der Waals surface area contributed by atoms with E-state index in [0.717, 1.165) is 44.8 Å². The molecule has 7 aromatic carbocycles. The minimum Gasteiger partial charge on any atom is -0.252 e. The topological polar surface area (TPSA) is 12.4 Å². The van der Waals surface area contributed by atoms with Crippen molar-refractivity contribution in [3.63, 3.8) is 0 Å². The molecule has 0 saturated heterocycles. The standard InChI is InChI=1S/C48H33NS2/c1-31(38-21-13-23-42-40-19-9-11-25-45(40)50-47(38)42)27-44(49-32(2)39-22-14-24-43-41-20-10-12-26-46(41)51-48(39)43)37-29-35(33-15-5-3-6-16-33)28-36(30-37)34-17-7-4-8-18-34/h3-30H,1H2,2H3/b44-27-,49-32?. The van der Waals surface area contributed by atoms with Crippen molar-refractivity contribution < 1.29 is 0 Å². The SMILES string of the molecule is C=C(/C=C(\N=C(C)c1cccc2c1sc1ccccc12)c1cc(-c2ccccc2)cc(-c2ccccc2)c1)c1cccc2c1sc1ccccc12. The first-order chi connectivity index (χ1) is 25.1. The first kappa shape index (κ1) is 31.1. The summed E-state index contributed by atoms with van der Waals surface area (Å²) in [6.07, 6.45) is 2.19. The number of fused-ring (bicyclic) bond motifs is 6. The van der Waals surface area contributed by atoms with Gasteiger partial charge in [-0.1, -0.05) is 140 Å². The molecule has 0 fully saturated rings. The van der Waals surface area contributed by atoms with Crippen LogP contribution in [0.2, 0.25) is 0 Å². The molecule has 0 saturated carbocycles. The molecule has 0 atom stereocenters. The van der Waals surface area contributed by atoms with E-state index in [1.165, 1.54) is 51.5 Å². The van der Waals surface area contributed by atoms with E-state index in [-0.39, 0.29) is 0 Å². The first-order valence-electron chi connectivity index (χ1n) is 17.1. The van der Waals surface area contributed by atoms with Gasteiger partial charge in [-0.2, -0.15) is 0 Å². The lowest BCUT2D eigenvalue weighted by Gasteiger charge is -2.14. The lowest BCUT2D eigenvalue weighted by atomic mass is 9.94. The molecule has 242 valence electrons. The Balaban J connectivity index is 1.27. The van der Waals surface area contributed by atoms with Crippen LogP contribution in [0.15, 0.2) is 181 Å². The minimum absolute atomic E-state index is 0.878. The lowest BCUT2D eigenvalue weighted by molar-refractivity contribution is 1.47. The van der Waals surface area contributed by atoms with Crippen molar-refractivity contribution in [1.29, 1.82) is 0 Å². The van der Waals surface area contributed by atoms with Gasteiger partial charge in [0, 0.05) is 57.2 Å². The molecule has 1 nitrogen and oxygen atoms in total. The van der Waals surface area contributed by atoms with Gasteiger partial charge >= 0.3 is 0 Å². The number of benzene rings is 7. The number of hydrogen-bond acceptors (Lipinski definition) is 3. The van der Waals surface area contributed by atoms with Gasteiger partial charge in [-0.25, -0.2) is 0 Å². The average molecular weight is 688 g/mol. The average Bonchev–Trinajstić information content (AvgIpc) is 3.77. The van der Waals surface area contributed by atoms with E-state index < -0.39 is 0 Å². The summed E-state index contributed by atoms with van der Waals surface area (Å²) in [6.45, 7) is 6.83. The van der Waals surface area contributed by atoms with Crippen LogP contribution >= 0.6 is 22.7 Å². The summed E-state index contributed by atoms with van der Waals surface area (Å²) in [6, 6.07) is 58.5. The molecule has 0 aliphatic rings. The van der Waals surface area contributed by atoms with E-state index >= 15 is 0 Å². The highest BCUT2D eigenvalue weighted by molar-refractivity contribution is 7.26. The first-order valence-corrected chi connectivity index (χ1v) is 18.8. The van der Waals surface area contributed by atoms with Crippen LogP contribution in [-0.4, -0.2) is 5.71 Å². The highest BCUT2D eigenvalue weighted by Crippen LogP contribution is 2.40. The highest BCUT2D eigenvalue weighted by Gasteiger charge is 2.15. The van der Waals surface area contributed by atoms with Crippen LogP contribution in [0.4, 0.5) is 0 Å². The van der Waals surface area contributed by atoms with Crippen molar-refractivity contribution in [3.8, 4) is 22.3 Å². The minimum atomic E-state index is 0.878. The molecule has 0 aliphatic carbocycles. The summed E-state index contributed by atoms with van der Waals surface area (Å²) in [5.74, 6) is 0. The lowest BCUT2D eigenvalue weighted by Crippen LogP contribution is -1.97. The van der Waals surface area contributed by atoms with Gasteiger partial charge in [-0.15, -0.1) is 22.7 Å². The van der Waals surface area contributed by atoms with Crippen LogP contribution < -0.4 is 0 Å². The smallest absolute Gasteiger partial charge is 0.0711 e. The van der Waals surface area contributed by atoms with Crippen LogP contribution in [0, 0.1) is 0 Å². The van der Waals surface area contributed by atoms with Gasteiger partial charge in [-0.05, 0) is 76.7 Å². The molecule has 9 aromatic rings. The molecule has 0 bridgehead atoms. The fourth-order valence-corrected chi connectivity index (χ4v) is 9.59. The molecule has 9 rings (SSSR count). The molecular formula is C48H33NS2. The molecule has 0 radical (unpaired) electrons. The van der Waals surface area contributed by atoms with Crippen LogP contribution in [-0.2, 0) is 0 Å². The Morgan fingerprint density at radius 3 is 1.53 bits per heavy atom. The molecular weight excluding hydrogens is 655 g/mol. The van der Waals surface area contributed by atoms with Crippen molar-refractivity contribution in [1.82, 2.24) is 0 Å². The molecule has 0 spiro atoms. The Kier molecular flexibility index (Phi) is 8.00. The molecule has 2 heterocycles. The second-order valence-corrected chi connectivity index (χ2v) is 14.9. The number of thiophene rings is 2. The summed E-state index contributed by atoms with van der Waals surface area (Å²) in [4.78, 5) is 5.52. The molecule has 51 heavy (non-hydrogen) atoms. The number of rotatable bonds is 7. The van der Waals surface area contributed by atoms with Crippen molar-refractivity contribution in [3.05, 3.63) is 193 Å². The van der Waals surface area contributed by atoms with E-state index in [4.69, 9.17) is 11.6 Å². The zero-order valence-electron chi connectivity index (χ0n) is 28.1.